The van der Waals surface area contributed by atoms with Crippen LogP contribution in [0, 0.1) is 18.7 Å². The van der Waals surface area contributed by atoms with Gasteiger partial charge in [-0.2, -0.15) is 0 Å². The van der Waals surface area contributed by atoms with Gasteiger partial charge in [0.1, 0.15) is 11.6 Å². The first-order valence-corrected chi connectivity index (χ1v) is 8.45. The maximum absolute atomic E-state index is 12.9. The van der Waals surface area contributed by atoms with Crippen LogP contribution in [0.4, 0.5) is 4.39 Å². The highest BCUT2D eigenvalue weighted by molar-refractivity contribution is 5.79. The molecule has 1 aromatic carbocycles. The molecule has 1 fully saturated rings. The first-order valence-electron chi connectivity index (χ1n) is 8.45. The first kappa shape index (κ1) is 17.3. The average Bonchev–Trinajstić information content (AvgIpc) is 2.93. The van der Waals surface area contributed by atoms with Gasteiger partial charge in [-0.25, -0.2) is 4.39 Å². The number of likely N-dealkylation sites (tertiary alicyclic amines) is 1. The van der Waals surface area contributed by atoms with Crippen molar-refractivity contribution in [2.45, 2.75) is 26.2 Å². The molecule has 6 nitrogen and oxygen atoms in total. The Bertz CT molecular complexity index is 782. The Morgan fingerprint density at radius 1 is 1.32 bits per heavy atom. The molecule has 2 aromatic rings. The summed E-state index contributed by atoms with van der Waals surface area (Å²) in [6.07, 6.45) is 2.00. The summed E-state index contributed by atoms with van der Waals surface area (Å²) in [5.41, 5.74) is 0.959. The molecule has 134 valence electrons. The minimum Gasteiger partial charge on any atom is -0.493 e. The van der Waals surface area contributed by atoms with Crippen LogP contribution in [0.2, 0.25) is 0 Å². The summed E-state index contributed by atoms with van der Waals surface area (Å²) in [7, 11) is 0. The lowest BCUT2D eigenvalue weighted by molar-refractivity contribution is -0.132. The highest BCUT2D eigenvalue weighted by Gasteiger charge is 2.25. The number of nitrogens with one attached hydrogen (secondary N) is 2. The van der Waals surface area contributed by atoms with Crippen LogP contribution in [-0.2, 0) is 11.2 Å². The molecule has 1 atom stereocenters. The van der Waals surface area contributed by atoms with Crippen molar-refractivity contribution in [2.75, 3.05) is 19.7 Å². The number of hydrogen-bond acceptors (Lipinski definition) is 3. The molecule has 1 saturated heterocycles. The van der Waals surface area contributed by atoms with E-state index in [2.05, 4.69) is 10.2 Å². The molecule has 2 heterocycles. The third-order valence-electron chi connectivity index (χ3n) is 4.59. The minimum atomic E-state index is -0.295. The second kappa shape index (κ2) is 7.55. The lowest BCUT2D eigenvalue weighted by Gasteiger charge is -2.32. The predicted octanol–water partition coefficient (Wildman–Crippen LogP) is 2.01. The van der Waals surface area contributed by atoms with Gasteiger partial charge in [0.15, 0.2) is 0 Å². The van der Waals surface area contributed by atoms with Gasteiger partial charge < -0.3 is 14.7 Å². The molecule has 1 aliphatic heterocycles. The van der Waals surface area contributed by atoms with Crippen LogP contribution in [0.1, 0.15) is 24.1 Å². The zero-order chi connectivity index (χ0) is 17.8. The third-order valence-corrected chi connectivity index (χ3v) is 4.59. The van der Waals surface area contributed by atoms with Crippen LogP contribution < -0.4 is 10.3 Å². The number of ether oxygens (including phenoxy) is 1. The molecule has 1 unspecified atom stereocenters. The smallest absolute Gasteiger partial charge is 0.267 e. The maximum Gasteiger partial charge on any atom is 0.267 e. The Hall–Kier alpha value is -2.57. The number of aromatic amines is 2. The number of aryl methyl sites for hydroxylation is 1. The molecule has 0 radical (unpaired) electrons. The molecule has 0 saturated carbocycles. The van der Waals surface area contributed by atoms with Crippen molar-refractivity contribution in [1.29, 1.82) is 0 Å². The molecular formula is C18H22FN3O3. The number of rotatable bonds is 5. The Kier molecular flexibility index (Phi) is 5.21. The van der Waals surface area contributed by atoms with Gasteiger partial charge >= 0.3 is 0 Å². The van der Waals surface area contributed by atoms with Crippen LogP contribution in [0.5, 0.6) is 5.75 Å². The Balaban J connectivity index is 1.54. The van der Waals surface area contributed by atoms with Crippen LogP contribution in [-0.4, -0.2) is 40.7 Å². The number of hydrogen-bond donors (Lipinski definition) is 2. The number of carbonyl (C=O) groups excluding carboxylic acids is 1. The van der Waals surface area contributed by atoms with Crippen molar-refractivity contribution >= 4 is 5.91 Å². The molecule has 0 aliphatic carbocycles. The van der Waals surface area contributed by atoms with Crippen molar-refractivity contribution < 1.29 is 13.9 Å². The number of nitrogens with zero attached hydrogens (tertiary/aromatic N) is 1. The molecule has 0 bridgehead atoms. The number of amides is 1. The third kappa shape index (κ3) is 4.29. The molecular weight excluding hydrogens is 325 g/mol. The van der Waals surface area contributed by atoms with Gasteiger partial charge in [0, 0.05) is 30.3 Å². The number of benzene rings is 1. The van der Waals surface area contributed by atoms with Crippen LogP contribution >= 0.6 is 0 Å². The summed E-state index contributed by atoms with van der Waals surface area (Å²) in [5.74, 6) is 0.518. The van der Waals surface area contributed by atoms with E-state index in [1.165, 1.54) is 12.1 Å². The zero-order valence-electron chi connectivity index (χ0n) is 14.2. The Morgan fingerprint density at radius 2 is 2.08 bits per heavy atom. The van der Waals surface area contributed by atoms with E-state index in [0.29, 0.717) is 36.7 Å². The van der Waals surface area contributed by atoms with Crippen molar-refractivity contribution in [3.8, 4) is 5.75 Å². The van der Waals surface area contributed by atoms with Gasteiger partial charge in [0.2, 0.25) is 5.91 Å². The van der Waals surface area contributed by atoms with E-state index < -0.39 is 0 Å². The van der Waals surface area contributed by atoms with Crippen molar-refractivity contribution in [3.63, 3.8) is 0 Å². The Morgan fingerprint density at radius 3 is 2.76 bits per heavy atom. The van der Waals surface area contributed by atoms with Gasteiger partial charge in [-0.15, -0.1) is 0 Å². The lowest BCUT2D eigenvalue weighted by atomic mass is 9.98. The molecule has 1 amide bonds. The van der Waals surface area contributed by atoms with Crippen LogP contribution in [0.25, 0.3) is 0 Å². The summed E-state index contributed by atoms with van der Waals surface area (Å²) >= 11 is 0. The van der Waals surface area contributed by atoms with Gasteiger partial charge in [-0.05, 0) is 44.0 Å². The van der Waals surface area contributed by atoms with Gasteiger partial charge in [-0.1, -0.05) is 0 Å². The highest BCUT2D eigenvalue weighted by atomic mass is 19.1. The van der Waals surface area contributed by atoms with Crippen molar-refractivity contribution in [1.82, 2.24) is 15.1 Å². The fourth-order valence-electron chi connectivity index (χ4n) is 3.12. The Labute approximate surface area is 145 Å². The quantitative estimate of drug-likeness (QED) is 0.868. The van der Waals surface area contributed by atoms with Crippen molar-refractivity contribution in [2.24, 2.45) is 5.92 Å². The van der Waals surface area contributed by atoms with E-state index in [1.54, 1.807) is 24.0 Å². The van der Waals surface area contributed by atoms with Crippen LogP contribution in [0.3, 0.4) is 0 Å². The summed E-state index contributed by atoms with van der Waals surface area (Å²) in [5, 5.41) is 5.24. The van der Waals surface area contributed by atoms with E-state index in [9.17, 15) is 14.0 Å². The first-order chi connectivity index (χ1) is 12.0. The van der Waals surface area contributed by atoms with Gasteiger partial charge in [0.25, 0.3) is 5.56 Å². The standard InChI is InChI=1S/C18H22FN3O3/c1-12-16(18(24)21-20-12)9-17(23)22-8-2-3-13(10-22)11-25-15-6-4-14(19)5-7-15/h4-7,13H,2-3,8-11H2,1H3,(H2,20,21,24). The molecule has 1 aliphatic rings. The normalized spacial score (nSPS) is 17.5. The molecule has 0 spiro atoms. The average molecular weight is 347 g/mol. The zero-order valence-corrected chi connectivity index (χ0v) is 14.2. The van der Waals surface area contributed by atoms with Gasteiger partial charge in [-0.3, -0.25) is 14.7 Å². The summed E-state index contributed by atoms with van der Waals surface area (Å²) in [6.45, 7) is 3.57. The van der Waals surface area contributed by atoms with Gasteiger partial charge in [0.05, 0.1) is 13.0 Å². The van der Waals surface area contributed by atoms with E-state index in [-0.39, 0.29) is 29.6 Å². The number of H-pyrrole nitrogens is 2. The summed E-state index contributed by atoms with van der Waals surface area (Å²) in [4.78, 5) is 26.0. The number of piperidine rings is 1. The fraction of sp³-hybridized carbons (Fsp3) is 0.444. The van der Waals surface area contributed by atoms with E-state index in [0.717, 1.165) is 12.8 Å². The highest BCUT2D eigenvalue weighted by Crippen LogP contribution is 2.20. The molecule has 25 heavy (non-hydrogen) atoms. The second-order valence-corrected chi connectivity index (χ2v) is 6.47. The van der Waals surface area contributed by atoms with Crippen LogP contribution in [0.15, 0.2) is 29.1 Å². The lowest BCUT2D eigenvalue weighted by Crippen LogP contribution is -2.42. The molecule has 7 heteroatoms. The summed E-state index contributed by atoms with van der Waals surface area (Å²) in [6, 6.07) is 5.93. The van der Waals surface area contributed by atoms with E-state index in [4.69, 9.17) is 4.74 Å². The minimum absolute atomic E-state index is 0.0420. The van der Waals surface area contributed by atoms with Crippen molar-refractivity contribution in [3.05, 3.63) is 51.7 Å². The predicted molar refractivity (Wildman–Crippen MR) is 91.1 cm³/mol. The number of carbonyl (C=O) groups is 1. The monoisotopic (exact) mass is 347 g/mol. The largest absolute Gasteiger partial charge is 0.493 e. The number of halogens is 1. The number of aromatic nitrogens is 2. The van der Waals surface area contributed by atoms with E-state index >= 15 is 0 Å². The SMILES string of the molecule is Cc1[nH][nH]c(=O)c1CC(=O)N1CCCC(COc2ccc(F)cc2)C1. The molecule has 2 N–H and O–H groups in total. The topological polar surface area (TPSA) is 78.2 Å². The maximum atomic E-state index is 12.9. The summed E-state index contributed by atoms with van der Waals surface area (Å²) < 4.78 is 18.6. The second-order valence-electron chi connectivity index (χ2n) is 6.47. The fourth-order valence-corrected chi connectivity index (χ4v) is 3.12. The molecule has 3 rings (SSSR count). The van der Waals surface area contributed by atoms with E-state index in [1.807, 2.05) is 0 Å². The molecule has 1 aromatic heterocycles.